The summed E-state index contributed by atoms with van der Waals surface area (Å²) in [6, 6.07) is 5.29. The molecular weight excluding hydrogens is 254 g/mol. The number of rotatable bonds is 5. The Balaban J connectivity index is 2.08. The Morgan fingerprint density at radius 3 is 2.85 bits per heavy atom. The molecule has 0 saturated carbocycles. The molecule has 2 heterocycles. The Bertz CT molecular complexity index is 566. The summed E-state index contributed by atoms with van der Waals surface area (Å²) in [6.07, 6.45) is 5.27. The summed E-state index contributed by atoms with van der Waals surface area (Å²) in [7, 11) is 5.38. The van der Waals surface area contributed by atoms with Crippen molar-refractivity contribution >= 4 is 5.91 Å². The van der Waals surface area contributed by atoms with Crippen LogP contribution >= 0.6 is 0 Å². The summed E-state index contributed by atoms with van der Waals surface area (Å²) in [5.74, 6) is -0.00819. The highest BCUT2D eigenvalue weighted by molar-refractivity contribution is 5.82. The van der Waals surface area contributed by atoms with Crippen molar-refractivity contribution in [2.24, 2.45) is 7.05 Å². The van der Waals surface area contributed by atoms with Gasteiger partial charge < -0.3 is 10.2 Å². The third-order valence-electron chi connectivity index (χ3n) is 3.10. The molecule has 0 aliphatic heterocycles. The van der Waals surface area contributed by atoms with Gasteiger partial charge in [0.15, 0.2) is 0 Å². The molecule has 0 aromatic carbocycles. The molecule has 0 radical (unpaired) electrons. The number of nitrogens with zero attached hydrogens (tertiary/aromatic N) is 4. The standard InChI is InChI=1S/C14H19N5O/c1-15-13(11-8-17-19(3)9-11)14(20)18(2)10-12-6-4-5-7-16-12/h4-9,13,15H,10H2,1-3H3. The van der Waals surface area contributed by atoms with Crippen molar-refractivity contribution in [1.29, 1.82) is 0 Å². The van der Waals surface area contributed by atoms with Gasteiger partial charge in [0.1, 0.15) is 6.04 Å². The summed E-state index contributed by atoms with van der Waals surface area (Å²) in [4.78, 5) is 18.4. The Hall–Kier alpha value is -2.21. The first-order valence-corrected chi connectivity index (χ1v) is 6.42. The van der Waals surface area contributed by atoms with Gasteiger partial charge in [0.25, 0.3) is 0 Å². The first-order chi connectivity index (χ1) is 9.61. The minimum Gasteiger partial charge on any atom is -0.338 e. The first-order valence-electron chi connectivity index (χ1n) is 6.42. The molecule has 0 saturated heterocycles. The summed E-state index contributed by atoms with van der Waals surface area (Å²) in [5, 5.41) is 7.14. The molecule has 2 aromatic heterocycles. The third kappa shape index (κ3) is 3.21. The number of carbonyl (C=O) groups is 1. The summed E-state index contributed by atoms with van der Waals surface area (Å²) in [6.45, 7) is 0.484. The molecule has 1 atom stereocenters. The Morgan fingerprint density at radius 2 is 2.30 bits per heavy atom. The Labute approximate surface area is 118 Å². The molecule has 1 N–H and O–H groups in total. The van der Waals surface area contributed by atoms with Gasteiger partial charge in [-0.3, -0.25) is 14.5 Å². The molecule has 2 aromatic rings. The van der Waals surface area contributed by atoms with Crippen LogP contribution in [0, 0.1) is 0 Å². The second-order valence-electron chi connectivity index (χ2n) is 4.68. The molecule has 6 heteroatoms. The van der Waals surface area contributed by atoms with E-state index in [2.05, 4.69) is 15.4 Å². The van der Waals surface area contributed by atoms with Crippen molar-refractivity contribution in [2.75, 3.05) is 14.1 Å². The number of carbonyl (C=O) groups excluding carboxylic acids is 1. The molecule has 0 spiro atoms. The second kappa shape index (κ2) is 6.29. The lowest BCUT2D eigenvalue weighted by Gasteiger charge is -2.22. The van der Waals surface area contributed by atoms with E-state index in [1.165, 1.54) is 0 Å². The average molecular weight is 273 g/mol. The van der Waals surface area contributed by atoms with Crippen LogP contribution in [0.3, 0.4) is 0 Å². The molecule has 0 aliphatic rings. The lowest BCUT2D eigenvalue weighted by atomic mass is 10.1. The summed E-state index contributed by atoms with van der Waals surface area (Å²) < 4.78 is 1.69. The van der Waals surface area contributed by atoms with Gasteiger partial charge in [-0.05, 0) is 19.2 Å². The van der Waals surface area contributed by atoms with E-state index in [9.17, 15) is 4.79 Å². The SMILES string of the molecule is CNC(C(=O)N(C)Cc1ccccn1)c1cnn(C)c1. The van der Waals surface area contributed by atoms with Crippen LogP contribution in [0.15, 0.2) is 36.8 Å². The van der Waals surface area contributed by atoms with Crippen molar-refractivity contribution in [3.63, 3.8) is 0 Å². The Kier molecular flexibility index (Phi) is 4.47. The highest BCUT2D eigenvalue weighted by Gasteiger charge is 2.23. The van der Waals surface area contributed by atoms with E-state index < -0.39 is 6.04 Å². The van der Waals surface area contributed by atoms with E-state index in [-0.39, 0.29) is 5.91 Å². The topological polar surface area (TPSA) is 63.1 Å². The maximum atomic E-state index is 12.5. The number of likely N-dealkylation sites (N-methyl/N-ethyl adjacent to an activating group) is 2. The van der Waals surface area contributed by atoms with Crippen molar-refractivity contribution in [3.8, 4) is 0 Å². The van der Waals surface area contributed by atoms with Crippen LogP contribution in [0.25, 0.3) is 0 Å². The lowest BCUT2D eigenvalue weighted by Crippen LogP contribution is -2.37. The van der Waals surface area contributed by atoms with E-state index in [4.69, 9.17) is 0 Å². The van der Waals surface area contributed by atoms with Gasteiger partial charge in [-0.2, -0.15) is 5.10 Å². The minimum atomic E-state index is -0.391. The zero-order valence-corrected chi connectivity index (χ0v) is 11.9. The van der Waals surface area contributed by atoms with Crippen LogP contribution in [-0.4, -0.2) is 39.7 Å². The van der Waals surface area contributed by atoms with E-state index in [1.54, 1.807) is 36.1 Å². The normalized spacial score (nSPS) is 12.2. The number of hydrogen-bond donors (Lipinski definition) is 1. The van der Waals surface area contributed by atoms with E-state index >= 15 is 0 Å². The average Bonchev–Trinajstić information content (AvgIpc) is 2.87. The maximum absolute atomic E-state index is 12.5. The third-order valence-corrected chi connectivity index (χ3v) is 3.10. The van der Waals surface area contributed by atoms with Crippen LogP contribution in [0.5, 0.6) is 0 Å². The van der Waals surface area contributed by atoms with Crippen LogP contribution < -0.4 is 5.32 Å². The molecule has 1 unspecified atom stereocenters. The zero-order chi connectivity index (χ0) is 14.5. The highest BCUT2D eigenvalue weighted by atomic mass is 16.2. The fourth-order valence-corrected chi connectivity index (χ4v) is 2.05. The molecule has 0 aliphatic carbocycles. The minimum absolute atomic E-state index is 0.00819. The second-order valence-corrected chi connectivity index (χ2v) is 4.68. The van der Waals surface area contributed by atoms with Gasteiger partial charge >= 0.3 is 0 Å². The van der Waals surface area contributed by atoms with Crippen molar-refractivity contribution in [1.82, 2.24) is 25.0 Å². The molecular formula is C14H19N5O. The fourth-order valence-electron chi connectivity index (χ4n) is 2.05. The van der Waals surface area contributed by atoms with Gasteiger partial charge in [-0.1, -0.05) is 6.07 Å². The maximum Gasteiger partial charge on any atom is 0.244 e. The number of amides is 1. The lowest BCUT2D eigenvalue weighted by molar-refractivity contribution is -0.132. The van der Waals surface area contributed by atoms with Gasteiger partial charge in [0, 0.05) is 32.1 Å². The van der Waals surface area contributed by atoms with Crippen LogP contribution in [0.2, 0.25) is 0 Å². The first kappa shape index (κ1) is 14.2. The monoisotopic (exact) mass is 273 g/mol. The molecule has 0 bridgehead atoms. The van der Waals surface area contributed by atoms with Gasteiger partial charge in [-0.25, -0.2) is 0 Å². The van der Waals surface area contributed by atoms with Crippen LogP contribution in [-0.2, 0) is 18.4 Å². The molecule has 2 rings (SSSR count). The van der Waals surface area contributed by atoms with Crippen molar-refractivity contribution in [2.45, 2.75) is 12.6 Å². The highest BCUT2D eigenvalue weighted by Crippen LogP contribution is 2.15. The van der Waals surface area contributed by atoms with Crippen molar-refractivity contribution in [3.05, 3.63) is 48.0 Å². The summed E-state index contributed by atoms with van der Waals surface area (Å²) in [5.41, 5.74) is 1.72. The number of nitrogens with one attached hydrogen (secondary N) is 1. The summed E-state index contributed by atoms with van der Waals surface area (Å²) >= 11 is 0. The molecule has 20 heavy (non-hydrogen) atoms. The van der Waals surface area contributed by atoms with Gasteiger partial charge in [0.2, 0.25) is 5.91 Å². The molecule has 106 valence electrons. The predicted octanol–water partition coefficient (Wildman–Crippen LogP) is 0.734. The van der Waals surface area contributed by atoms with E-state index in [0.717, 1.165) is 11.3 Å². The number of aromatic nitrogens is 3. The number of hydrogen-bond acceptors (Lipinski definition) is 4. The Morgan fingerprint density at radius 1 is 1.50 bits per heavy atom. The van der Waals surface area contributed by atoms with Crippen LogP contribution in [0.1, 0.15) is 17.3 Å². The number of aryl methyl sites for hydroxylation is 1. The van der Waals surface area contributed by atoms with Gasteiger partial charge in [-0.15, -0.1) is 0 Å². The fraction of sp³-hybridized carbons (Fsp3) is 0.357. The largest absolute Gasteiger partial charge is 0.338 e. The quantitative estimate of drug-likeness (QED) is 0.872. The number of pyridine rings is 1. The van der Waals surface area contributed by atoms with E-state index in [0.29, 0.717) is 6.54 Å². The van der Waals surface area contributed by atoms with Gasteiger partial charge in [0.05, 0.1) is 18.4 Å². The molecule has 6 nitrogen and oxygen atoms in total. The smallest absolute Gasteiger partial charge is 0.244 e. The zero-order valence-electron chi connectivity index (χ0n) is 11.9. The van der Waals surface area contributed by atoms with E-state index in [1.807, 2.05) is 31.4 Å². The van der Waals surface area contributed by atoms with Crippen molar-refractivity contribution < 1.29 is 4.79 Å². The molecule has 1 amide bonds. The predicted molar refractivity (Wildman–Crippen MR) is 75.7 cm³/mol. The molecule has 0 fully saturated rings. The van der Waals surface area contributed by atoms with Crippen LogP contribution in [0.4, 0.5) is 0 Å².